The van der Waals surface area contributed by atoms with Crippen LogP contribution >= 0.6 is 11.5 Å². The van der Waals surface area contributed by atoms with E-state index in [9.17, 15) is 8.42 Å². The summed E-state index contributed by atoms with van der Waals surface area (Å²) < 4.78 is 27.2. The molecule has 0 amide bonds. The van der Waals surface area contributed by atoms with Gasteiger partial charge in [0.15, 0.2) is 15.7 Å². The topological polar surface area (TPSA) is 88.6 Å². The van der Waals surface area contributed by atoms with Crippen molar-refractivity contribution in [2.45, 2.75) is 24.7 Å². The molecule has 0 saturated heterocycles. The Morgan fingerprint density at radius 2 is 2.14 bits per heavy atom. The number of fused-ring (bicyclic) bond motifs is 1. The number of imidazole rings is 1. The molecule has 0 aliphatic rings. The zero-order valence-corrected chi connectivity index (χ0v) is 13.3. The third kappa shape index (κ3) is 2.68. The van der Waals surface area contributed by atoms with Crippen LogP contribution < -0.4 is 0 Å². The average molecular weight is 322 g/mol. The maximum absolute atomic E-state index is 11.6. The van der Waals surface area contributed by atoms with Gasteiger partial charge in [-0.05, 0) is 36.2 Å². The number of H-pyrrole nitrogens is 1. The molecule has 3 aromatic rings. The Balaban J connectivity index is 2.11. The molecule has 0 bridgehead atoms. The molecule has 0 saturated carbocycles. The van der Waals surface area contributed by atoms with Crippen LogP contribution in [0.4, 0.5) is 0 Å². The third-order valence-electron chi connectivity index (χ3n) is 3.14. The van der Waals surface area contributed by atoms with Crippen LogP contribution in [-0.2, 0) is 16.3 Å². The fourth-order valence-electron chi connectivity index (χ4n) is 2.12. The number of sulfone groups is 1. The van der Waals surface area contributed by atoms with E-state index in [-0.39, 0.29) is 4.90 Å². The third-order valence-corrected chi connectivity index (χ3v) is 5.02. The van der Waals surface area contributed by atoms with Crippen molar-refractivity contribution in [1.82, 2.24) is 19.6 Å². The lowest BCUT2D eigenvalue weighted by Crippen LogP contribution is -1.96. The highest BCUT2D eigenvalue weighted by Crippen LogP contribution is 2.27. The Kier molecular flexibility index (Phi) is 3.50. The van der Waals surface area contributed by atoms with Crippen molar-refractivity contribution in [3.05, 3.63) is 23.9 Å². The van der Waals surface area contributed by atoms with E-state index in [0.29, 0.717) is 11.3 Å². The summed E-state index contributed by atoms with van der Waals surface area (Å²) in [6.45, 7) is 2.08. The van der Waals surface area contributed by atoms with Gasteiger partial charge in [0, 0.05) is 6.26 Å². The molecule has 0 radical (unpaired) electrons. The molecule has 0 aliphatic heterocycles. The molecule has 110 valence electrons. The number of hydrogen-bond donors (Lipinski definition) is 1. The van der Waals surface area contributed by atoms with Crippen LogP contribution in [0, 0.1) is 0 Å². The summed E-state index contributed by atoms with van der Waals surface area (Å²) in [6, 6.07) is 4.88. The average Bonchev–Trinajstić information content (AvgIpc) is 3.02. The fourth-order valence-corrected chi connectivity index (χ4v) is 3.42. The van der Waals surface area contributed by atoms with E-state index in [2.05, 4.69) is 26.5 Å². The second-order valence-corrected chi connectivity index (χ2v) is 7.61. The molecular formula is C13H14N4O2S2. The van der Waals surface area contributed by atoms with Gasteiger partial charge in [-0.1, -0.05) is 17.8 Å². The number of nitrogens with zero attached hydrogens (tertiary/aromatic N) is 3. The quantitative estimate of drug-likeness (QED) is 0.797. The van der Waals surface area contributed by atoms with Gasteiger partial charge in [-0.25, -0.2) is 13.4 Å². The smallest absolute Gasteiger partial charge is 0.175 e. The van der Waals surface area contributed by atoms with E-state index < -0.39 is 9.84 Å². The molecule has 2 heterocycles. The van der Waals surface area contributed by atoms with Gasteiger partial charge in [0.1, 0.15) is 4.88 Å². The maximum atomic E-state index is 11.6. The standard InChI is InChI=1S/C13H14N4O2S2/c1-3-4-10-12(20-17-16-10)13-14-9-6-5-8(21(2,18)19)7-11(9)15-13/h5-7H,3-4H2,1-2H3,(H,14,15). The first-order valence-corrected chi connectivity index (χ1v) is 9.17. The zero-order chi connectivity index (χ0) is 15.0. The number of hydrogen-bond acceptors (Lipinski definition) is 6. The lowest BCUT2D eigenvalue weighted by molar-refractivity contribution is 0.602. The molecule has 0 unspecified atom stereocenters. The van der Waals surface area contributed by atoms with E-state index in [1.807, 2.05) is 0 Å². The van der Waals surface area contributed by atoms with E-state index in [1.165, 1.54) is 17.8 Å². The van der Waals surface area contributed by atoms with Crippen molar-refractivity contribution in [2.24, 2.45) is 0 Å². The number of benzene rings is 1. The number of aromatic nitrogens is 4. The molecule has 21 heavy (non-hydrogen) atoms. The molecule has 0 aliphatic carbocycles. The summed E-state index contributed by atoms with van der Waals surface area (Å²) in [5.74, 6) is 0.689. The lowest BCUT2D eigenvalue weighted by atomic mass is 10.2. The second-order valence-electron chi connectivity index (χ2n) is 4.84. The van der Waals surface area contributed by atoms with Gasteiger partial charge in [-0.2, -0.15) is 0 Å². The van der Waals surface area contributed by atoms with Crippen molar-refractivity contribution < 1.29 is 8.42 Å². The van der Waals surface area contributed by atoms with Gasteiger partial charge in [0.25, 0.3) is 0 Å². The van der Waals surface area contributed by atoms with Crippen LogP contribution in [0.25, 0.3) is 21.7 Å². The van der Waals surface area contributed by atoms with Crippen LogP contribution in [0.3, 0.4) is 0 Å². The Morgan fingerprint density at radius 1 is 1.33 bits per heavy atom. The highest BCUT2D eigenvalue weighted by Gasteiger charge is 2.15. The van der Waals surface area contributed by atoms with Gasteiger partial charge >= 0.3 is 0 Å². The molecule has 8 heteroatoms. The van der Waals surface area contributed by atoms with E-state index in [4.69, 9.17) is 0 Å². The number of rotatable bonds is 4. The molecule has 6 nitrogen and oxygen atoms in total. The minimum absolute atomic E-state index is 0.279. The largest absolute Gasteiger partial charge is 0.337 e. The molecule has 1 N–H and O–H groups in total. The van der Waals surface area contributed by atoms with Gasteiger partial charge < -0.3 is 4.98 Å². The Hall–Kier alpha value is -1.80. The summed E-state index contributed by atoms with van der Waals surface area (Å²) in [7, 11) is -3.23. The summed E-state index contributed by atoms with van der Waals surface area (Å²) in [6.07, 6.45) is 3.02. The van der Waals surface area contributed by atoms with Gasteiger partial charge in [0.05, 0.1) is 21.6 Å². The predicted octanol–water partition coefficient (Wildman–Crippen LogP) is 2.44. The van der Waals surface area contributed by atoms with Crippen LogP contribution in [0.15, 0.2) is 23.1 Å². The summed E-state index contributed by atoms with van der Waals surface area (Å²) in [5, 5.41) is 4.12. The minimum Gasteiger partial charge on any atom is -0.337 e. The first kappa shape index (κ1) is 14.2. The van der Waals surface area contributed by atoms with Crippen LogP contribution in [-0.4, -0.2) is 34.2 Å². The summed E-state index contributed by atoms with van der Waals surface area (Å²) >= 11 is 1.29. The Morgan fingerprint density at radius 3 is 2.86 bits per heavy atom. The molecule has 2 aromatic heterocycles. The highest BCUT2D eigenvalue weighted by molar-refractivity contribution is 7.90. The number of nitrogens with one attached hydrogen (secondary N) is 1. The molecule has 0 spiro atoms. The van der Waals surface area contributed by atoms with Crippen LogP contribution in [0.1, 0.15) is 19.0 Å². The first-order chi connectivity index (χ1) is 9.99. The second kappa shape index (κ2) is 5.19. The summed E-state index contributed by atoms with van der Waals surface area (Å²) in [4.78, 5) is 8.86. The molecule has 3 rings (SSSR count). The van der Waals surface area contributed by atoms with E-state index >= 15 is 0 Å². The minimum atomic E-state index is -3.23. The van der Waals surface area contributed by atoms with E-state index in [0.717, 1.165) is 28.9 Å². The predicted molar refractivity (Wildman–Crippen MR) is 82.1 cm³/mol. The van der Waals surface area contributed by atoms with Gasteiger partial charge in [-0.3, -0.25) is 0 Å². The number of aromatic amines is 1. The molecule has 1 aromatic carbocycles. The highest BCUT2D eigenvalue weighted by atomic mass is 32.2. The Bertz CT molecular complexity index is 896. The van der Waals surface area contributed by atoms with Gasteiger partial charge in [-0.15, -0.1) is 5.10 Å². The van der Waals surface area contributed by atoms with Crippen LogP contribution in [0.2, 0.25) is 0 Å². The van der Waals surface area contributed by atoms with Crippen molar-refractivity contribution in [2.75, 3.05) is 6.26 Å². The SMILES string of the molecule is CCCc1nnsc1-c1nc2ccc(S(C)(=O)=O)cc2[nH]1. The monoisotopic (exact) mass is 322 g/mol. The zero-order valence-electron chi connectivity index (χ0n) is 11.6. The van der Waals surface area contributed by atoms with Crippen LogP contribution in [0.5, 0.6) is 0 Å². The van der Waals surface area contributed by atoms with E-state index in [1.54, 1.807) is 18.2 Å². The van der Waals surface area contributed by atoms with Gasteiger partial charge in [0.2, 0.25) is 0 Å². The van der Waals surface area contributed by atoms with Crippen molar-refractivity contribution in [3.8, 4) is 10.7 Å². The molecular weight excluding hydrogens is 308 g/mol. The summed E-state index contributed by atoms with van der Waals surface area (Å²) in [5.41, 5.74) is 2.35. The maximum Gasteiger partial charge on any atom is 0.175 e. The number of aryl methyl sites for hydroxylation is 1. The van der Waals surface area contributed by atoms with Crippen molar-refractivity contribution >= 4 is 32.4 Å². The van der Waals surface area contributed by atoms with Crippen molar-refractivity contribution in [1.29, 1.82) is 0 Å². The lowest BCUT2D eigenvalue weighted by Gasteiger charge is -1.96. The molecule has 0 atom stereocenters. The first-order valence-electron chi connectivity index (χ1n) is 6.50. The fraction of sp³-hybridized carbons (Fsp3) is 0.308. The normalized spacial score (nSPS) is 12.1. The van der Waals surface area contributed by atoms with Crippen molar-refractivity contribution in [3.63, 3.8) is 0 Å². The Labute approximate surface area is 126 Å². The molecule has 0 fully saturated rings.